The first-order valence-electron chi connectivity index (χ1n) is 9.78. The fraction of sp³-hybridized carbons (Fsp3) is 0.600. The maximum Gasteiger partial charge on any atom is 0.305 e. The molecule has 6 nitrogen and oxygen atoms in total. The van der Waals surface area contributed by atoms with Crippen LogP contribution in [-0.2, 0) is 9.53 Å². The van der Waals surface area contributed by atoms with Crippen LogP contribution >= 0.6 is 0 Å². The van der Waals surface area contributed by atoms with Gasteiger partial charge in [0.1, 0.15) is 17.3 Å². The second kappa shape index (κ2) is 11.5. The van der Waals surface area contributed by atoms with E-state index in [9.17, 15) is 13.6 Å². The zero-order valence-corrected chi connectivity index (χ0v) is 16.6. The number of guanidine groups is 1. The van der Waals surface area contributed by atoms with Crippen LogP contribution in [0, 0.1) is 11.6 Å². The van der Waals surface area contributed by atoms with Crippen molar-refractivity contribution in [1.29, 1.82) is 0 Å². The third-order valence-electron chi connectivity index (χ3n) is 4.83. The van der Waals surface area contributed by atoms with Gasteiger partial charge in [-0.3, -0.25) is 9.79 Å². The van der Waals surface area contributed by atoms with Crippen LogP contribution < -0.4 is 15.5 Å². The van der Waals surface area contributed by atoms with E-state index < -0.39 is 11.6 Å². The Morgan fingerprint density at radius 3 is 2.64 bits per heavy atom. The lowest BCUT2D eigenvalue weighted by atomic mass is 10.1. The molecule has 156 valence electrons. The van der Waals surface area contributed by atoms with Crippen LogP contribution in [0.1, 0.15) is 38.5 Å². The molecule has 1 saturated heterocycles. The molecule has 1 aliphatic heterocycles. The fourth-order valence-electron chi connectivity index (χ4n) is 3.32. The number of carbonyl (C=O) groups is 1. The number of rotatable bonds is 9. The van der Waals surface area contributed by atoms with Gasteiger partial charge in [-0.25, -0.2) is 8.78 Å². The van der Waals surface area contributed by atoms with E-state index in [0.29, 0.717) is 25.5 Å². The van der Waals surface area contributed by atoms with E-state index in [1.54, 1.807) is 11.9 Å². The van der Waals surface area contributed by atoms with Crippen molar-refractivity contribution in [2.24, 2.45) is 4.99 Å². The van der Waals surface area contributed by atoms with Crippen molar-refractivity contribution in [3.63, 3.8) is 0 Å². The SMILES string of the molecule is CN=C(NCCCCCCC(=O)OC)NC1CCN(c2c(F)cccc2F)C1. The van der Waals surface area contributed by atoms with Crippen molar-refractivity contribution in [1.82, 2.24) is 10.6 Å². The molecule has 1 atom stereocenters. The first-order chi connectivity index (χ1) is 13.5. The number of ether oxygens (including phenoxy) is 1. The minimum atomic E-state index is -0.532. The molecule has 1 aromatic rings. The predicted molar refractivity (Wildman–Crippen MR) is 107 cm³/mol. The van der Waals surface area contributed by atoms with Gasteiger partial charge in [0.25, 0.3) is 0 Å². The van der Waals surface area contributed by atoms with Crippen LogP contribution in [0.25, 0.3) is 0 Å². The van der Waals surface area contributed by atoms with E-state index >= 15 is 0 Å². The molecule has 8 heteroatoms. The van der Waals surface area contributed by atoms with Gasteiger partial charge in [0.2, 0.25) is 0 Å². The Balaban J connectivity index is 1.68. The van der Waals surface area contributed by atoms with Gasteiger partial charge in [-0.05, 0) is 31.4 Å². The molecular weight excluding hydrogens is 366 g/mol. The lowest BCUT2D eigenvalue weighted by Crippen LogP contribution is -2.45. The number of nitrogens with zero attached hydrogens (tertiary/aromatic N) is 2. The number of benzene rings is 1. The highest BCUT2D eigenvalue weighted by Gasteiger charge is 2.27. The quantitative estimate of drug-likeness (QED) is 0.291. The highest BCUT2D eigenvalue weighted by Crippen LogP contribution is 2.26. The second-order valence-corrected chi connectivity index (χ2v) is 6.89. The average molecular weight is 396 g/mol. The van der Waals surface area contributed by atoms with Crippen LogP contribution in [-0.4, -0.2) is 51.8 Å². The normalized spacial score (nSPS) is 16.9. The van der Waals surface area contributed by atoms with Gasteiger partial charge in [0.15, 0.2) is 5.96 Å². The Bertz CT molecular complexity index is 649. The smallest absolute Gasteiger partial charge is 0.305 e. The highest BCUT2D eigenvalue weighted by molar-refractivity contribution is 5.80. The van der Waals surface area contributed by atoms with Gasteiger partial charge < -0.3 is 20.3 Å². The maximum absolute atomic E-state index is 14.0. The number of hydrogen-bond donors (Lipinski definition) is 2. The molecule has 2 rings (SSSR count). The molecule has 28 heavy (non-hydrogen) atoms. The first-order valence-corrected chi connectivity index (χ1v) is 9.78. The molecule has 0 bridgehead atoms. The molecule has 1 heterocycles. The largest absolute Gasteiger partial charge is 0.469 e. The number of methoxy groups -OCH3 is 1. The summed E-state index contributed by atoms with van der Waals surface area (Å²) in [5.74, 6) is -0.537. The molecule has 2 N–H and O–H groups in total. The van der Waals surface area contributed by atoms with E-state index in [1.807, 2.05) is 0 Å². The van der Waals surface area contributed by atoms with Crippen LogP contribution in [0.4, 0.5) is 14.5 Å². The van der Waals surface area contributed by atoms with E-state index in [2.05, 4.69) is 20.4 Å². The van der Waals surface area contributed by atoms with Crippen molar-refractivity contribution in [2.45, 2.75) is 44.6 Å². The summed E-state index contributed by atoms with van der Waals surface area (Å²) in [5, 5.41) is 6.59. The molecule has 0 aromatic heterocycles. The number of anilines is 1. The van der Waals surface area contributed by atoms with Crippen LogP contribution in [0.5, 0.6) is 0 Å². The monoisotopic (exact) mass is 396 g/mol. The Kier molecular flexibility index (Phi) is 8.97. The number of carbonyl (C=O) groups excluding carboxylic acids is 1. The summed E-state index contributed by atoms with van der Waals surface area (Å²) in [5.41, 5.74) is 0.0432. The molecule has 1 fully saturated rings. The minimum absolute atomic E-state index is 0.0432. The van der Waals surface area contributed by atoms with Gasteiger partial charge >= 0.3 is 5.97 Å². The Morgan fingerprint density at radius 1 is 1.25 bits per heavy atom. The van der Waals surface area contributed by atoms with Gasteiger partial charge in [0.05, 0.1) is 7.11 Å². The summed E-state index contributed by atoms with van der Waals surface area (Å²) >= 11 is 0. The predicted octanol–water partition coefficient (Wildman–Crippen LogP) is 2.83. The number of halogens is 2. The van der Waals surface area contributed by atoms with Crippen LogP contribution in [0.2, 0.25) is 0 Å². The summed E-state index contributed by atoms with van der Waals surface area (Å²) in [6.45, 7) is 1.88. The molecule has 0 radical (unpaired) electrons. The zero-order valence-electron chi connectivity index (χ0n) is 16.6. The topological polar surface area (TPSA) is 66.0 Å². The third-order valence-corrected chi connectivity index (χ3v) is 4.83. The number of para-hydroxylation sites is 1. The van der Waals surface area contributed by atoms with Crippen molar-refractivity contribution < 1.29 is 18.3 Å². The van der Waals surface area contributed by atoms with E-state index in [0.717, 1.165) is 38.6 Å². The molecule has 1 aliphatic rings. The van der Waals surface area contributed by atoms with Gasteiger partial charge in [-0.15, -0.1) is 0 Å². The summed E-state index contributed by atoms with van der Waals surface area (Å²) < 4.78 is 32.5. The average Bonchev–Trinajstić information content (AvgIpc) is 3.13. The standard InChI is InChI=1S/C20H30F2N4O2/c1-23-20(24-12-6-4-3-5-10-18(27)28-2)25-15-11-13-26(14-15)19-16(21)8-7-9-17(19)22/h7-9,15H,3-6,10-14H2,1-2H3,(H2,23,24,25). The second-order valence-electron chi connectivity index (χ2n) is 6.89. The highest BCUT2D eigenvalue weighted by atomic mass is 19.1. The van der Waals surface area contributed by atoms with E-state index in [4.69, 9.17) is 0 Å². The van der Waals surface area contributed by atoms with Crippen molar-refractivity contribution >= 4 is 17.6 Å². The summed E-state index contributed by atoms with van der Waals surface area (Å²) in [6.07, 6.45) is 5.05. The van der Waals surface area contributed by atoms with Crippen molar-refractivity contribution in [2.75, 3.05) is 38.7 Å². The Labute approximate surface area is 165 Å². The Hall–Kier alpha value is -2.38. The van der Waals surface area contributed by atoms with Crippen molar-refractivity contribution in [3.05, 3.63) is 29.8 Å². The molecule has 1 unspecified atom stereocenters. The molecular formula is C20H30F2N4O2. The molecule has 0 spiro atoms. The van der Waals surface area contributed by atoms with Crippen molar-refractivity contribution in [3.8, 4) is 0 Å². The molecule has 0 aliphatic carbocycles. The number of nitrogens with one attached hydrogen (secondary N) is 2. The number of aliphatic imine (C=N–C) groups is 1. The number of hydrogen-bond acceptors (Lipinski definition) is 4. The van der Waals surface area contributed by atoms with Gasteiger partial charge in [0, 0.05) is 39.1 Å². The number of esters is 1. The van der Waals surface area contributed by atoms with E-state index in [-0.39, 0.29) is 17.7 Å². The number of unbranched alkanes of at least 4 members (excludes halogenated alkanes) is 3. The maximum atomic E-state index is 14.0. The molecule has 1 aromatic carbocycles. The Morgan fingerprint density at radius 2 is 1.96 bits per heavy atom. The third kappa shape index (κ3) is 6.65. The lowest BCUT2D eigenvalue weighted by Gasteiger charge is -2.21. The molecule has 0 amide bonds. The van der Waals surface area contributed by atoms with Crippen LogP contribution in [0.15, 0.2) is 23.2 Å². The zero-order chi connectivity index (χ0) is 20.4. The van der Waals surface area contributed by atoms with Gasteiger partial charge in [-0.2, -0.15) is 0 Å². The lowest BCUT2D eigenvalue weighted by molar-refractivity contribution is -0.140. The van der Waals surface area contributed by atoms with Crippen LogP contribution in [0.3, 0.4) is 0 Å². The first kappa shape index (κ1) is 21.9. The summed E-state index contributed by atoms with van der Waals surface area (Å²) in [7, 11) is 3.11. The molecule has 0 saturated carbocycles. The summed E-state index contributed by atoms with van der Waals surface area (Å²) in [6, 6.07) is 4.02. The minimum Gasteiger partial charge on any atom is -0.469 e. The summed E-state index contributed by atoms with van der Waals surface area (Å²) in [4.78, 5) is 17.0. The fourth-order valence-corrected chi connectivity index (χ4v) is 3.32. The van der Waals surface area contributed by atoms with Gasteiger partial charge in [-0.1, -0.05) is 18.9 Å². The van der Waals surface area contributed by atoms with E-state index in [1.165, 1.54) is 25.3 Å².